The number of carbonyl (C=O) groups is 1. The second kappa shape index (κ2) is 9.61. The van der Waals surface area contributed by atoms with E-state index in [4.69, 9.17) is 27.9 Å². The van der Waals surface area contributed by atoms with E-state index in [0.29, 0.717) is 22.2 Å². The summed E-state index contributed by atoms with van der Waals surface area (Å²) in [6.07, 6.45) is 0. The maximum Gasteiger partial charge on any atom is 0.252 e. The van der Waals surface area contributed by atoms with E-state index in [0.717, 1.165) is 37.5 Å². The van der Waals surface area contributed by atoms with Crippen LogP contribution in [0.25, 0.3) is 0 Å². The number of hydrogen-bond acceptors (Lipinski definition) is 4. The van der Waals surface area contributed by atoms with Crippen LogP contribution in [0.15, 0.2) is 42.5 Å². The lowest BCUT2D eigenvalue weighted by atomic mass is 10.0. The Kier molecular flexibility index (Phi) is 7.18. The Morgan fingerprint density at radius 3 is 2.43 bits per heavy atom. The van der Waals surface area contributed by atoms with E-state index in [-0.39, 0.29) is 11.9 Å². The number of nitrogens with zero attached hydrogens (tertiary/aromatic N) is 2. The van der Waals surface area contributed by atoms with Gasteiger partial charge in [-0.2, -0.15) is 0 Å². The number of nitrogens with one attached hydrogen (secondary N) is 1. The summed E-state index contributed by atoms with van der Waals surface area (Å²) >= 11 is 12.2. The second-order valence-corrected chi connectivity index (χ2v) is 7.81. The first-order valence-electron chi connectivity index (χ1n) is 9.27. The summed E-state index contributed by atoms with van der Waals surface area (Å²) in [7, 11) is 3.78. The van der Waals surface area contributed by atoms with Crippen molar-refractivity contribution in [1.82, 2.24) is 15.1 Å². The molecule has 1 aliphatic rings. The number of amides is 1. The quantitative estimate of drug-likeness (QED) is 0.771. The molecule has 0 aromatic heterocycles. The molecule has 1 saturated heterocycles. The summed E-state index contributed by atoms with van der Waals surface area (Å²) in [5.41, 5.74) is 1.53. The average molecular weight is 422 g/mol. The molecule has 28 heavy (non-hydrogen) atoms. The number of benzene rings is 2. The van der Waals surface area contributed by atoms with Crippen molar-refractivity contribution in [3.05, 3.63) is 63.6 Å². The third-order valence-electron chi connectivity index (χ3n) is 5.11. The van der Waals surface area contributed by atoms with Crippen molar-refractivity contribution in [3.8, 4) is 5.75 Å². The first-order valence-corrected chi connectivity index (χ1v) is 10.0. The van der Waals surface area contributed by atoms with Gasteiger partial charge in [0.1, 0.15) is 5.75 Å². The minimum atomic E-state index is -0.222. The normalized spacial score (nSPS) is 16.6. The van der Waals surface area contributed by atoms with Crippen LogP contribution in [0.4, 0.5) is 0 Å². The zero-order chi connectivity index (χ0) is 20.1. The first kappa shape index (κ1) is 20.9. The van der Waals surface area contributed by atoms with Crippen LogP contribution >= 0.6 is 23.2 Å². The van der Waals surface area contributed by atoms with Crippen LogP contribution in [-0.4, -0.2) is 62.6 Å². The Morgan fingerprint density at radius 2 is 1.79 bits per heavy atom. The van der Waals surface area contributed by atoms with Crippen LogP contribution in [0.1, 0.15) is 22.0 Å². The van der Waals surface area contributed by atoms with Gasteiger partial charge in [0, 0.05) is 37.7 Å². The first-order chi connectivity index (χ1) is 13.5. The van der Waals surface area contributed by atoms with Crippen LogP contribution in [0.3, 0.4) is 0 Å². The van der Waals surface area contributed by atoms with Gasteiger partial charge in [-0.25, -0.2) is 0 Å². The lowest BCUT2D eigenvalue weighted by Crippen LogP contribution is -2.48. The number of ether oxygens (including phenoxy) is 1. The van der Waals surface area contributed by atoms with Gasteiger partial charge in [-0.3, -0.25) is 9.69 Å². The van der Waals surface area contributed by atoms with Crippen LogP contribution < -0.4 is 10.1 Å². The Morgan fingerprint density at radius 1 is 1.11 bits per heavy atom. The number of rotatable bonds is 6. The molecule has 150 valence electrons. The summed E-state index contributed by atoms with van der Waals surface area (Å²) in [5.74, 6) is 0.593. The summed E-state index contributed by atoms with van der Waals surface area (Å²) in [6.45, 7) is 4.38. The highest BCUT2D eigenvalue weighted by Crippen LogP contribution is 2.25. The molecule has 2 aromatic carbocycles. The molecule has 0 bridgehead atoms. The van der Waals surface area contributed by atoms with Gasteiger partial charge in [-0.15, -0.1) is 0 Å². The standard InChI is InChI=1S/C21H25Cl2N3O2/c1-25-9-11-26(12-10-25)20(15-3-6-17(28-2)7-4-15)14-24-21(27)18-13-16(22)5-8-19(18)23/h3-8,13,20H,9-12,14H2,1-2H3,(H,24,27)/t20-/m0/s1. The van der Waals surface area contributed by atoms with E-state index in [1.165, 1.54) is 0 Å². The minimum Gasteiger partial charge on any atom is -0.497 e. The van der Waals surface area contributed by atoms with E-state index in [2.05, 4.69) is 34.3 Å². The SMILES string of the molecule is COc1ccc([C@H](CNC(=O)c2cc(Cl)ccc2Cl)N2CCN(C)CC2)cc1. The highest BCUT2D eigenvalue weighted by atomic mass is 35.5. The van der Waals surface area contributed by atoms with Crippen LogP contribution in [-0.2, 0) is 0 Å². The molecule has 1 aliphatic heterocycles. The van der Waals surface area contributed by atoms with E-state index >= 15 is 0 Å². The van der Waals surface area contributed by atoms with Gasteiger partial charge >= 0.3 is 0 Å². The Bertz CT molecular complexity index is 806. The topological polar surface area (TPSA) is 44.8 Å². The van der Waals surface area contributed by atoms with Gasteiger partial charge in [-0.05, 0) is 42.9 Å². The Labute approximate surface area is 176 Å². The maximum atomic E-state index is 12.7. The van der Waals surface area contributed by atoms with Gasteiger partial charge in [-0.1, -0.05) is 35.3 Å². The number of carbonyl (C=O) groups excluding carboxylic acids is 1. The van der Waals surface area contributed by atoms with Crippen molar-refractivity contribution < 1.29 is 9.53 Å². The molecule has 1 heterocycles. The maximum absolute atomic E-state index is 12.7. The molecule has 1 atom stereocenters. The predicted molar refractivity (Wildman–Crippen MR) is 114 cm³/mol. The molecule has 0 unspecified atom stereocenters. The van der Waals surface area contributed by atoms with Crippen molar-refractivity contribution in [3.63, 3.8) is 0 Å². The molecule has 1 fully saturated rings. The smallest absolute Gasteiger partial charge is 0.252 e. The van der Waals surface area contributed by atoms with Crippen molar-refractivity contribution in [2.45, 2.75) is 6.04 Å². The summed E-state index contributed by atoms with van der Waals surface area (Å²) in [5, 5.41) is 3.91. The number of piperazine rings is 1. The van der Waals surface area contributed by atoms with E-state index in [1.807, 2.05) is 12.1 Å². The van der Waals surface area contributed by atoms with Crippen LogP contribution in [0.5, 0.6) is 5.75 Å². The molecule has 1 amide bonds. The third-order valence-corrected chi connectivity index (χ3v) is 5.67. The molecular formula is C21H25Cl2N3O2. The fraction of sp³-hybridized carbons (Fsp3) is 0.381. The molecule has 0 spiro atoms. The van der Waals surface area contributed by atoms with Crippen molar-refractivity contribution >= 4 is 29.1 Å². The summed E-state index contributed by atoms with van der Waals surface area (Å²) in [6, 6.07) is 13.0. The van der Waals surface area contributed by atoms with Gasteiger partial charge in [0.15, 0.2) is 0 Å². The molecule has 1 N–H and O–H groups in total. The van der Waals surface area contributed by atoms with Gasteiger partial charge in [0.2, 0.25) is 0 Å². The molecule has 2 aromatic rings. The average Bonchev–Trinajstić information content (AvgIpc) is 2.71. The lowest BCUT2D eigenvalue weighted by Gasteiger charge is -2.38. The second-order valence-electron chi connectivity index (χ2n) is 6.96. The fourth-order valence-corrected chi connectivity index (χ4v) is 3.75. The van der Waals surface area contributed by atoms with Gasteiger partial charge in [0.25, 0.3) is 5.91 Å². The number of methoxy groups -OCH3 is 1. The van der Waals surface area contributed by atoms with E-state index < -0.39 is 0 Å². The summed E-state index contributed by atoms with van der Waals surface area (Å²) in [4.78, 5) is 17.4. The Hall–Kier alpha value is -1.79. The predicted octanol–water partition coefficient (Wildman–Crippen LogP) is 3.72. The highest BCUT2D eigenvalue weighted by molar-refractivity contribution is 6.35. The molecule has 0 radical (unpaired) electrons. The highest BCUT2D eigenvalue weighted by Gasteiger charge is 2.25. The van der Waals surface area contributed by atoms with Crippen LogP contribution in [0.2, 0.25) is 10.0 Å². The monoisotopic (exact) mass is 421 g/mol. The number of halogens is 2. The summed E-state index contributed by atoms with van der Waals surface area (Å²) < 4.78 is 5.27. The molecule has 5 nitrogen and oxygen atoms in total. The number of hydrogen-bond donors (Lipinski definition) is 1. The zero-order valence-corrected chi connectivity index (χ0v) is 17.6. The van der Waals surface area contributed by atoms with Crippen molar-refractivity contribution in [2.75, 3.05) is 46.9 Å². The number of likely N-dealkylation sites (N-methyl/N-ethyl adjacent to an activating group) is 1. The van der Waals surface area contributed by atoms with E-state index in [1.54, 1.807) is 25.3 Å². The molecule has 7 heteroatoms. The van der Waals surface area contributed by atoms with E-state index in [9.17, 15) is 4.79 Å². The largest absolute Gasteiger partial charge is 0.497 e. The fourth-order valence-electron chi connectivity index (χ4n) is 3.37. The van der Waals surface area contributed by atoms with Gasteiger partial charge in [0.05, 0.1) is 23.7 Å². The van der Waals surface area contributed by atoms with Crippen LogP contribution in [0, 0.1) is 0 Å². The van der Waals surface area contributed by atoms with Gasteiger partial charge < -0.3 is 15.0 Å². The molecule has 0 aliphatic carbocycles. The van der Waals surface area contributed by atoms with Crippen molar-refractivity contribution in [1.29, 1.82) is 0 Å². The molecule has 3 rings (SSSR count). The molecule has 0 saturated carbocycles. The third kappa shape index (κ3) is 5.17. The Balaban J connectivity index is 1.76. The minimum absolute atomic E-state index is 0.0708. The lowest BCUT2D eigenvalue weighted by molar-refractivity contribution is 0.0886. The van der Waals surface area contributed by atoms with Crippen molar-refractivity contribution in [2.24, 2.45) is 0 Å². The zero-order valence-electron chi connectivity index (χ0n) is 16.1. The molecular weight excluding hydrogens is 397 g/mol.